The summed E-state index contributed by atoms with van der Waals surface area (Å²) in [4.78, 5) is 6.69. The summed E-state index contributed by atoms with van der Waals surface area (Å²) in [5, 5.41) is 3.15. The summed E-state index contributed by atoms with van der Waals surface area (Å²) in [5.74, 6) is 0.538. The number of rotatable bonds is 9. The van der Waals surface area contributed by atoms with Crippen LogP contribution in [0.5, 0.6) is 0 Å². The van der Waals surface area contributed by atoms with E-state index in [2.05, 4.69) is 15.2 Å². The zero-order chi connectivity index (χ0) is 14.6. The molecule has 0 aromatic rings. The summed E-state index contributed by atoms with van der Waals surface area (Å²) in [5.41, 5.74) is 5.80. The van der Waals surface area contributed by atoms with Gasteiger partial charge in [0.15, 0.2) is 5.96 Å². The largest absolute Gasteiger partial charge is 0.379 e. The number of nitrogens with zero attached hydrogens (tertiary/aromatic N) is 2. The zero-order valence-electron chi connectivity index (χ0n) is 13.3. The Hall–Kier alpha value is -0.120. The lowest BCUT2D eigenvalue weighted by Crippen LogP contribution is -2.39. The molecule has 1 fully saturated rings. The number of aliphatic imine (C=N–C) groups is 1. The third kappa shape index (κ3) is 12.1. The third-order valence-electron chi connectivity index (χ3n) is 3.10. The highest BCUT2D eigenvalue weighted by atomic mass is 127. The molecular weight excluding hydrogens is 383 g/mol. The predicted octanol–water partition coefficient (Wildman–Crippen LogP) is 1.05. The van der Waals surface area contributed by atoms with E-state index in [0.717, 1.165) is 65.4 Å². The SMILES string of the molecule is CC(C)OCCCN=C(N)NCCCN1CCOCC1.I. The molecule has 6 nitrogen and oxygen atoms in total. The van der Waals surface area contributed by atoms with Crippen LogP contribution in [-0.2, 0) is 9.47 Å². The van der Waals surface area contributed by atoms with Crippen molar-refractivity contribution in [2.75, 3.05) is 52.5 Å². The van der Waals surface area contributed by atoms with Crippen molar-refractivity contribution in [2.24, 2.45) is 10.7 Å². The number of nitrogens with one attached hydrogen (secondary N) is 1. The molecule has 0 unspecified atom stereocenters. The van der Waals surface area contributed by atoms with Crippen LogP contribution >= 0.6 is 24.0 Å². The average molecular weight is 414 g/mol. The van der Waals surface area contributed by atoms with Crippen LogP contribution in [0.15, 0.2) is 4.99 Å². The Morgan fingerprint density at radius 2 is 2.05 bits per heavy atom. The molecule has 1 aliphatic rings. The fraction of sp³-hybridized carbons (Fsp3) is 0.929. The minimum Gasteiger partial charge on any atom is -0.379 e. The lowest BCUT2D eigenvalue weighted by molar-refractivity contribution is 0.0376. The van der Waals surface area contributed by atoms with Gasteiger partial charge in [0.1, 0.15) is 0 Å². The van der Waals surface area contributed by atoms with E-state index in [1.165, 1.54) is 0 Å². The third-order valence-corrected chi connectivity index (χ3v) is 3.10. The van der Waals surface area contributed by atoms with E-state index < -0.39 is 0 Å². The zero-order valence-corrected chi connectivity index (χ0v) is 15.7. The Bertz CT molecular complexity index is 272. The quantitative estimate of drug-likeness (QED) is 0.255. The van der Waals surface area contributed by atoms with Crippen molar-refractivity contribution in [2.45, 2.75) is 32.8 Å². The fourth-order valence-electron chi connectivity index (χ4n) is 1.98. The molecule has 0 aromatic heterocycles. The topological polar surface area (TPSA) is 72.1 Å². The van der Waals surface area contributed by atoms with Gasteiger partial charge in [-0.2, -0.15) is 0 Å². The number of guanidine groups is 1. The van der Waals surface area contributed by atoms with Crippen molar-refractivity contribution in [1.82, 2.24) is 10.2 Å². The molecule has 0 spiro atoms. The molecule has 1 heterocycles. The first-order chi connectivity index (χ1) is 9.68. The first kappa shape index (κ1) is 20.9. The van der Waals surface area contributed by atoms with E-state index >= 15 is 0 Å². The maximum atomic E-state index is 5.80. The summed E-state index contributed by atoms with van der Waals surface area (Å²) >= 11 is 0. The van der Waals surface area contributed by atoms with Gasteiger partial charge in [-0.15, -0.1) is 24.0 Å². The monoisotopic (exact) mass is 414 g/mol. The Balaban J connectivity index is 0.00000400. The molecule has 0 radical (unpaired) electrons. The van der Waals surface area contributed by atoms with Gasteiger partial charge in [0.25, 0.3) is 0 Å². The number of ether oxygens (including phenoxy) is 2. The van der Waals surface area contributed by atoms with Crippen molar-refractivity contribution in [3.8, 4) is 0 Å². The Kier molecular flexibility index (Phi) is 13.5. The van der Waals surface area contributed by atoms with Crippen molar-refractivity contribution in [3.63, 3.8) is 0 Å². The van der Waals surface area contributed by atoms with E-state index in [-0.39, 0.29) is 30.1 Å². The summed E-state index contributed by atoms with van der Waals surface area (Å²) in [6, 6.07) is 0. The van der Waals surface area contributed by atoms with Gasteiger partial charge >= 0.3 is 0 Å². The van der Waals surface area contributed by atoms with E-state index in [0.29, 0.717) is 5.96 Å². The number of hydrogen-bond donors (Lipinski definition) is 2. The minimum absolute atomic E-state index is 0. The highest BCUT2D eigenvalue weighted by molar-refractivity contribution is 14.0. The first-order valence-corrected chi connectivity index (χ1v) is 7.64. The molecule has 1 rings (SSSR count). The maximum Gasteiger partial charge on any atom is 0.188 e. The maximum absolute atomic E-state index is 5.80. The molecule has 3 N–H and O–H groups in total. The number of hydrogen-bond acceptors (Lipinski definition) is 4. The van der Waals surface area contributed by atoms with Gasteiger partial charge in [-0.3, -0.25) is 9.89 Å². The van der Waals surface area contributed by atoms with Gasteiger partial charge in [-0.1, -0.05) is 0 Å². The van der Waals surface area contributed by atoms with Crippen LogP contribution in [0.2, 0.25) is 0 Å². The second-order valence-electron chi connectivity index (χ2n) is 5.27. The second kappa shape index (κ2) is 13.5. The molecule has 1 aliphatic heterocycles. The predicted molar refractivity (Wildman–Crippen MR) is 97.5 cm³/mol. The molecule has 1 saturated heterocycles. The van der Waals surface area contributed by atoms with Crippen LogP contribution in [-0.4, -0.2) is 69.5 Å². The minimum atomic E-state index is 0. The molecule has 0 saturated carbocycles. The molecular formula is C14H31IN4O2. The van der Waals surface area contributed by atoms with Crippen LogP contribution in [0.3, 0.4) is 0 Å². The van der Waals surface area contributed by atoms with Gasteiger partial charge in [0.2, 0.25) is 0 Å². The summed E-state index contributed by atoms with van der Waals surface area (Å²) in [7, 11) is 0. The smallest absolute Gasteiger partial charge is 0.188 e. The van der Waals surface area contributed by atoms with E-state index in [4.69, 9.17) is 15.2 Å². The van der Waals surface area contributed by atoms with E-state index in [1.54, 1.807) is 0 Å². The average Bonchev–Trinajstić information content (AvgIpc) is 2.44. The molecule has 0 bridgehead atoms. The van der Waals surface area contributed by atoms with Crippen LogP contribution in [0.25, 0.3) is 0 Å². The van der Waals surface area contributed by atoms with Gasteiger partial charge < -0.3 is 20.5 Å². The van der Waals surface area contributed by atoms with Gasteiger partial charge in [-0.25, -0.2) is 0 Å². The molecule has 0 aromatic carbocycles. The molecule has 0 aliphatic carbocycles. The lowest BCUT2D eigenvalue weighted by Gasteiger charge is -2.26. The Labute approximate surface area is 145 Å². The fourth-order valence-corrected chi connectivity index (χ4v) is 1.98. The summed E-state index contributed by atoms with van der Waals surface area (Å²) < 4.78 is 10.8. The second-order valence-corrected chi connectivity index (χ2v) is 5.27. The Morgan fingerprint density at radius 3 is 2.71 bits per heavy atom. The first-order valence-electron chi connectivity index (χ1n) is 7.64. The molecule has 7 heteroatoms. The molecule has 21 heavy (non-hydrogen) atoms. The standard InChI is InChI=1S/C14H30N4O2.HI/c1-13(2)20-10-4-6-17-14(15)16-5-3-7-18-8-11-19-12-9-18;/h13H,3-12H2,1-2H3,(H3,15,16,17);1H. The van der Waals surface area contributed by atoms with Gasteiger partial charge in [0, 0.05) is 32.8 Å². The van der Waals surface area contributed by atoms with E-state index in [9.17, 15) is 0 Å². The van der Waals surface area contributed by atoms with Crippen molar-refractivity contribution < 1.29 is 9.47 Å². The molecule has 126 valence electrons. The van der Waals surface area contributed by atoms with Crippen LogP contribution in [0, 0.1) is 0 Å². The summed E-state index contributed by atoms with van der Waals surface area (Å²) in [6.07, 6.45) is 2.27. The van der Waals surface area contributed by atoms with Crippen molar-refractivity contribution in [1.29, 1.82) is 0 Å². The van der Waals surface area contributed by atoms with Crippen LogP contribution in [0.4, 0.5) is 0 Å². The van der Waals surface area contributed by atoms with Gasteiger partial charge in [0.05, 0.1) is 19.3 Å². The van der Waals surface area contributed by atoms with Crippen molar-refractivity contribution in [3.05, 3.63) is 0 Å². The lowest BCUT2D eigenvalue weighted by atomic mass is 10.3. The van der Waals surface area contributed by atoms with Crippen LogP contribution < -0.4 is 11.1 Å². The van der Waals surface area contributed by atoms with Crippen molar-refractivity contribution >= 4 is 29.9 Å². The number of nitrogens with two attached hydrogens (primary N) is 1. The van der Waals surface area contributed by atoms with E-state index in [1.807, 2.05) is 13.8 Å². The number of halogens is 1. The highest BCUT2D eigenvalue weighted by Gasteiger charge is 2.08. The number of morpholine rings is 1. The van der Waals surface area contributed by atoms with Crippen LogP contribution in [0.1, 0.15) is 26.7 Å². The summed E-state index contributed by atoms with van der Waals surface area (Å²) in [6.45, 7) is 11.3. The molecule has 0 amide bonds. The highest BCUT2D eigenvalue weighted by Crippen LogP contribution is 1.97. The Morgan fingerprint density at radius 1 is 1.33 bits per heavy atom. The van der Waals surface area contributed by atoms with Gasteiger partial charge in [-0.05, 0) is 33.2 Å². The normalized spacial score (nSPS) is 16.8. The molecule has 0 atom stereocenters.